The van der Waals surface area contributed by atoms with E-state index in [1.807, 2.05) is 18.2 Å². The van der Waals surface area contributed by atoms with E-state index in [0.29, 0.717) is 5.82 Å². The number of aromatic nitrogens is 2. The summed E-state index contributed by atoms with van der Waals surface area (Å²) in [5, 5.41) is 6.82. The van der Waals surface area contributed by atoms with Crippen molar-refractivity contribution in [3.63, 3.8) is 0 Å². The third-order valence-corrected chi connectivity index (χ3v) is 3.98. The molecule has 0 saturated carbocycles. The quantitative estimate of drug-likeness (QED) is 0.636. The molecule has 0 aliphatic rings. The van der Waals surface area contributed by atoms with Gasteiger partial charge in [-0.15, -0.1) is 0 Å². The summed E-state index contributed by atoms with van der Waals surface area (Å²) in [5.74, 6) is 0.473. The van der Waals surface area contributed by atoms with Crippen molar-refractivity contribution in [3.8, 4) is 11.1 Å². The lowest BCUT2D eigenvalue weighted by Gasteiger charge is -2.12. The summed E-state index contributed by atoms with van der Waals surface area (Å²) >= 11 is 0. The molecule has 0 radical (unpaired) electrons. The molecule has 2 N–H and O–H groups in total. The molecule has 6 heteroatoms. The normalized spacial score (nSPS) is 10.7. The number of unbranched alkanes of at least 4 members (excludes halogenated alkanes) is 1. The van der Waals surface area contributed by atoms with Crippen LogP contribution in [0.4, 0.5) is 16.2 Å². The van der Waals surface area contributed by atoms with Gasteiger partial charge in [0.2, 0.25) is 11.9 Å². The highest BCUT2D eigenvalue weighted by Gasteiger charge is 2.10. The van der Waals surface area contributed by atoms with Gasteiger partial charge < -0.3 is 5.32 Å². The molecule has 2 aromatic carbocycles. The van der Waals surface area contributed by atoms with Crippen LogP contribution in [0.1, 0.15) is 26.7 Å². The van der Waals surface area contributed by atoms with Crippen molar-refractivity contribution in [1.29, 1.82) is 0 Å². The van der Waals surface area contributed by atoms with Crippen LogP contribution in [0, 0.1) is 5.82 Å². The highest BCUT2D eigenvalue weighted by atomic mass is 19.1. The Bertz CT molecular complexity index is 925. The monoisotopic (exact) mass is 352 g/mol. The van der Waals surface area contributed by atoms with Gasteiger partial charge >= 0.3 is 0 Å². The van der Waals surface area contributed by atoms with Gasteiger partial charge in [0.25, 0.3) is 0 Å². The molecule has 0 aliphatic carbocycles. The van der Waals surface area contributed by atoms with E-state index >= 15 is 0 Å². The van der Waals surface area contributed by atoms with Gasteiger partial charge in [-0.3, -0.25) is 10.1 Å². The molecule has 1 amide bonds. The molecule has 0 aliphatic heterocycles. The summed E-state index contributed by atoms with van der Waals surface area (Å²) in [6.07, 6.45) is 2.08. The average molecular weight is 352 g/mol. The minimum Gasteiger partial charge on any atom is -0.369 e. The number of hydrogen-bond donors (Lipinski definition) is 2. The number of halogens is 1. The van der Waals surface area contributed by atoms with Crippen LogP contribution in [0.15, 0.2) is 42.5 Å². The number of fused-ring (bicyclic) bond motifs is 1. The van der Waals surface area contributed by atoms with Crippen LogP contribution in [0.2, 0.25) is 0 Å². The molecule has 0 bridgehead atoms. The molecule has 0 atom stereocenters. The number of carbonyl (C=O) groups excluding carboxylic acids is 1. The van der Waals surface area contributed by atoms with Crippen LogP contribution in [0.5, 0.6) is 0 Å². The van der Waals surface area contributed by atoms with E-state index in [-0.39, 0.29) is 17.7 Å². The summed E-state index contributed by atoms with van der Waals surface area (Å²) in [6, 6.07) is 12.2. The Kier molecular flexibility index (Phi) is 5.41. The number of anilines is 2. The van der Waals surface area contributed by atoms with E-state index in [1.54, 1.807) is 12.1 Å². The predicted octanol–water partition coefficient (Wildman–Crippen LogP) is 4.61. The lowest BCUT2D eigenvalue weighted by Crippen LogP contribution is -2.12. The first kappa shape index (κ1) is 17.8. The maximum Gasteiger partial charge on any atom is 0.231 e. The second-order valence-corrected chi connectivity index (χ2v) is 6.10. The van der Waals surface area contributed by atoms with Crippen LogP contribution in [0.3, 0.4) is 0 Å². The van der Waals surface area contributed by atoms with Crippen LogP contribution < -0.4 is 10.6 Å². The first-order valence-electron chi connectivity index (χ1n) is 8.66. The lowest BCUT2D eigenvalue weighted by atomic mass is 10.0. The average Bonchev–Trinajstić information content (AvgIpc) is 2.62. The number of rotatable bonds is 6. The second kappa shape index (κ2) is 7.91. The highest BCUT2D eigenvalue weighted by Crippen LogP contribution is 2.28. The molecular formula is C20H21FN4O. The summed E-state index contributed by atoms with van der Waals surface area (Å²) in [4.78, 5) is 20.2. The van der Waals surface area contributed by atoms with Gasteiger partial charge in [0.1, 0.15) is 11.6 Å². The van der Waals surface area contributed by atoms with Gasteiger partial charge in [-0.25, -0.2) is 9.37 Å². The molecule has 1 aromatic heterocycles. The Labute approximate surface area is 151 Å². The maximum absolute atomic E-state index is 13.2. The Hall–Kier alpha value is -3.02. The molecule has 0 saturated heterocycles. The van der Waals surface area contributed by atoms with Gasteiger partial charge in [-0.2, -0.15) is 4.98 Å². The Morgan fingerprint density at radius 1 is 1.08 bits per heavy atom. The minimum absolute atomic E-state index is 0.216. The number of benzene rings is 2. The van der Waals surface area contributed by atoms with Gasteiger partial charge in [-0.05, 0) is 41.8 Å². The predicted molar refractivity (Wildman–Crippen MR) is 103 cm³/mol. The van der Waals surface area contributed by atoms with Crippen molar-refractivity contribution in [2.45, 2.75) is 26.7 Å². The zero-order chi connectivity index (χ0) is 18.5. The van der Waals surface area contributed by atoms with Crippen molar-refractivity contribution >= 4 is 28.6 Å². The Morgan fingerprint density at radius 3 is 2.50 bits per heavy atom. The Balaban J connectivity index is 2.05. The summed E-state index contributed by atoms with van der Waals surface area (Å²) in [5.41, 5.74) is 2.60. The lowest BCUT2D eigenvalue weighted by molar-refractivity contribution is -0.114. The molecule has 0 fully saturated rings. The fraction of sp³-hybridized carbons (Fsp3) is 0.250. The number of nitrogens with zero attached hydrogens (tertiary/aromatic N) is 2. The van der Waals surface area contributed by atoms with Gasteiger partial charge in [0, 0.05) is 18.9 Å². The van der Waals surface area contributed by atoms with E-state index in [1.165, 1.54) is 19.1 Å². The molecule has 134 valence electrons. The van der Waals surface area contributed by atoms with Crippen LogP contribution >= 0.6 is 0 Å². The van der Waals surface area contributed by atoms with Gasteiger partial charge in [0.05, 0.1) is 5.52 Å². The maximum atomic E-state index is 13.2. The fourth-order valence-electron chi connectivity index (χ4n) is 2.68. The number of nitrogens with one attached hydrogen (secondary N) is 2. The van der Waals surface area contributed by atoms with E-state index in [9.17, 15) is 9.18 Å². The topological polar surface area (TPSA) is 66.9 Å². The largest absolute Gasteiger partial charge is 0.369 e. The second-order valence-electron chi connectivity index (χ2n) is 6.10. The van der Waals surface area contributed by atoms with Crippen molar-refractivity contribution < 1.29 is 9.18 Å². The van der Waals surface area contributed by atoms with E-state index in [0.717, 1.165) is 41.4 Å². The first-order valence-corrected chi connectivity index (χ1v) is 8.66. The van der Waals surface area contributed by atoms with Gasteiger partial charge in [0.15, 0.2) is 0 Å². The summed E-state index contributed by atoms with van der Waals surface area (Å²) in [6.45, 7) is 4.33. The van der Waals surface area contributed by atoms with Crippen molar-refractivity contribution in [1.82, 2.24) is 9.97 Å². The molecule has 0 unspecified atom stereocenters. The highest BCUT2D eigenvalue weighted by molar-refractivity contribution is 5.95. The first-order chi connectivity index (χ1) is 12.6. The van der Waals surface area contributed by atoms with E-state index in [2.05, 4.69) is 27.5 Å². The number of amides is 1. The van der Waals surface area contributed by atoms with Crippen molar-refractivity contribution in [3.05, 3.63) is 48.3 Å². The van der Waals surface area contributed by atoms with Crippen molar-refractivity contribution in [2.24, 2.45) is 0 Å². The standard InChI is InChI=1S/C20H21FN4O/c1-3-4-11-22-19-17-12-15(14-5-8-16(21)9-6-14)7-10-18(17)24-20(25-19)23-13(2)26/h5-10,12H,3-4,11H2,1-2H3,(H2,22,23,24,25,26). The molecule has 26 heavy (non-hydrogen) atoms. The van der Waals surface area contributed by atoms with Crippen LogP contribution in [0.25, 0.3) is 22.0 Å². The molecule has 3 aromatic rings. The molecule has 3 rings (SSSR count). The van der Waals surface area contributed by atoms with Crippen molar-refractivity contribution in [2.75, 3.05) is 17.2 Å². The third kappa shape index (κ3) is 4.14. The smallest absolute Gasteiger partial charge is 0.231 e. The zero-order valence-electron chi connectivity index (χ0n) is 14.8. The van der Waals surface area contributed by atoms with E-state index in [4.69, 9.17) is 0 Å². The van der Waals surface area contributed by atoms with Crippen LogP contribution in [-0.2, 0) is 4.79 Å². The van der Waals surface area contributed by atoms with Gasteiger partial charge in [-0.1, -0.05) is 31.5 Å². The molecular weight excluding hydrogens is 331 g/mol. The molecule has 5 nitrogen and oxygen atoms in total. The fourth-order valence-corrected chi connectivity index (χ4v) is 2.68. The summed E-state index contributed by atoms with van der Waals surface area (Å²) < 4.78 is 13.2. The SMILES string of the molecule is CCCCNc1nc(NC(C)=O)nc2ccc(-c3ccc(F)cc3)cc12. The molecule has 1 heterocycles. The summed E-state index contributed by atoms with van der Waals surface area (Å²) in [7, 11) is 0. The van der Waals surface area contributed by atoms with E-state index < -0.39 is 0 Å². The zero-order valence-corrected chi connectivity index (χ0v) is 14.8. The minimum atomic E-state index is -0.264. The van der Waals surface area contributed by atoms with Crippen LogP contribution in [-0.4, -0.2) is 22.4 Å². The number of hydrogen-bond acceptors (Lipinski definition) is 4. The Morgan fingerprint density at radius 2 is 1.81 bits per heavy atom. The molecule has 0 spiro atoms. The number of carbonyl (C=O) groups is 1. The third-order valence-electron chi connectivity index (χ3n) is 3.98.